The summed E-state index contributed by atoms with van der Waals surface area (Å²) in [6.45, 7) is 1.16. The van der Waals surface area contributed by atoms with E-state index in [2.05, 4.69) is 5.32 Å². The molecule has 102 valence electrons. The fourth-order valence-electron chi connectivity index (χ4n) is 1.23. The second-order valence-electron chi connectivity index (χ2n) is 3.60. The van der Waals surface area contributed by atoms with E-state index in [9.17, 15) is 18.0 Å². The van der Waals surface area contributed by atoms with Crippen LogP contribution in [0.5, 0.6) is 0 Å². The van der Waals surface area contributed by atoms with Crippen LogP contribution in [0.3, 0.4) is 0 Å². The van der Waals surface area contributed by atoms with E-state index >= 15 is 0 Å². The van der Waals surface area contributed by atoms with Crippen LogP contribution in [-0.4, -0.2) is 11.0 Å². The maximum atomic E-state index is 12.3. The molecule has 0 aliphatic rings. The molecule has 0 saturated heterocycles. The van der Waals surface area contributed by atoms with E-state index in [1.807, 2.05) is 0 Å². The Hall–Kier alpha value is -0.854. The van der Waals surface area contributed by atoms with Crippen molar-refractivity contribution in [3.8, 4) is 6.07 Å². The van der Waals surface area contributed by atoms with Crippen LogP contribution in [0.2, 0.25) is 0 Å². The van der Waals surface area contributed by atoms with E-state index in [0.717, 1.165) is 31.2 Å². The molecule has 0 aromatic heterocycles. The molecule has 1 aromatic rings. The number of nitrogens with one attached hydrogen (secondary N) is 1. The number of rotatable bonds is 2. The van der Waals surface area contributed by atoms with Gasteiger partial charge in [0.2, 0.25) is 0 Å². The average molecular weight is 310 g/mol. The maximum absolute atomic E-state index is 12.3. The van der Waals surface area contributed by atoms with Crippen LogP contribution in [0.15, 0.2) is 35.6 Å². The van der Waals surface area contributed by atoms with Crippen LogP contribution < -0.4 is 56.7 Å². The number of aliphatic hydroxyl groups is 1. The third-order valence-corrected chi connectivity index (χ3v) is 2.17. The number of nitrogens with zero attached hydrogens (tertiary/aromatic N) is 1. The van der Waals surface area contributed by atoms with E-state index in [-0.39, 0.29) is 58.5 Å². The molecule has 0 aliphatic heterocycles. The Morgan fingerprint density at radius 3 is 2.20 bits per heavy atom. The number of benzene rings is 1. The van der Waals surface area contributed by atoms with Crippen LogP contribution in [0.1, 0.15) is 13.9 Å². The third-order valence-electron chi connectivity index (χ3n) is 2.17. The molecular formula is C12H10F3KN2O2. The van der Waals surface area contributed by atoms with Crippen molar-refractivity contribution in [1.82, 2.24) is 0 Å². The number of allylic oxidation sites excluding steroid dienone is 1. The Kier molecular flexibility index (Phi) is 7.47. The second kappa shape index (κ2) is 7.80. The normalized spacial score (nSPS) is 11.8. The first kappa shape index (κ1) is 19.1. The monoisotopic (exact) mass is 310 g/mol. The molecule has 0 atom stereocenters. The average Bonchev–Trinajstić information content (AvgIpc) is 2.28. The van der Waals surface area contributed by atoms with Gasteiger partial charge >= 0.3 is 57.6 Å². The zero-order chi connectivity index (χ0) is 14.6. The summed E-state index contributed by atoms with van der Waals surface area (Å²) in [6.07, 6.45) is -4.46. The van der Waals surface area contributed by atoms with Gasteiger partial charge < -0.3 is 11.8 Å². The van der Waals surface area contributed by atoms with Crippen molar-refractivity contribution in [2.75, 3.05) is 5.32 Å². The van der Waals surface area contributed by atoms with Gasteiger partial charge in [0.25, 0.3) is 5.91 Å². The molecule has 4 nitrogen and oxygen atoms in total. The minimum absolute atomic E-state index is 0. The third kappa shape index (κ3) is 5.26. The molecule has 1 rings (SSSR count). The Balaban J connectivity index is 0. The molecule has 2 N–H and O–H groups in total. The molecule has 0 spiro atoms. The number of anilines is 1. The molecule has 8 heteroatoms. The molecule has 0 unspecified atom stereocenters. The van der Waals surface area contributed by atoms with Crippen LogP contribution in [-0.2, 0) is 11.0 Å². The molecular weight excluding hydrogens is 300 g/mol. The molecule has 1 amide bonds. The number of hydrogen-bond acceptors (Lipinski definition) is 3. The van der Waals surface area contributed by atoms with Gasteiger partial charge in [-0.2, -0.15) is 18.4 Å². The largest absolute Gasteiger partial charge is 1.00 e. The van der Waals surface area contributed by atoms with Gasteiger partial charge in [0.05, 0.1) is 5.56 Å². The molecule has 0 heterocycles. The summed E-state index contributed by atoms with van der Waals surface area (Å²) in [5.41, 5.74) is -1.26. The molecule has 1 aromatic carbocycles. The minimum Gasteiger partial charge on any atom is -1.00 e. The Morgan fingerprint density at radius 2 is 1.85 bits per heavy atom. The van der Waals surface area contributed by atoms with Gasteiger partial charge in [0.1, 0.15) is 11.8 Å². The number of halogens is 3. The van der Waals surface area contributed by atoms with Crippen LogP contribution >= 0.6 is 0 Å². The van der Waals surface area contributed by atoms with E-state index in [1.54, 1.807) is 0 Å². The predicted molar refractivity (Wildman–Crippen MR) is 62.1 cm³/mol. The molecule has 0 radical (unpaired) electrons. The van der Waals surface area contributed by atoms with E-state index in [1.165, 1.54) is 6.07 Å². The summed E-state index contributed by atoms with van der Waals surface area (Å²) in [6, 6.07) is 5.22. The van der Waals surface area contributed by atoms with Gasteiger partial charge in [-0.1, -0.05) is 0 Å². The maximum Gasteiger partial charge on any atom is 1.00 e. The van der Waals surface area contributed by atoms with E-state index in [0.29, 0.717) is 0 Å². The minimum atomic E-state index is -4.46. The van der Waals surface area contributed by atoms with Gasteiger partial charge in [-0.05, 0) is 31.2 Å². The zero-order valence-electron chi connectivity index (χ0n) is 11.7. The Bertz CT molecular complexity index is 561. The molecule has 0 bridgehead atoms. The zero-order valence-corrected chi connectivity index (χ0v) is 13.9. The Morgan fingerprint density at radius 1 is 1.35 bits per heavy atom. The summed E-state index contributed by atoms with van der Waals surface area (Å²) in [5, 5.41) is 19.9. The first-order valence-electron chi connectivity index (χ1n) is 5.04. The van der Waals surface area contributed by atoms with Crippen molar-refractivity contribution >= 4 is 11.6 Å². The quantitative estimate of drug-likeness (QED) is 0.353. The van der Waals surface area contributed by atoms with Crippen LogP contribution in [0.25, 0.3) is 0 Å². The number of carbonyl (C=O) groups excluding carboxylic acids is 1. The van der Waals surface area contributed by atoms with Gasteiger partial charge in [-0.3, -0.25) is 4.79 Å². The molecule has 20 heavy (non-hydrogen) atoms. The van der Waals surface area contributed by atoms with Crippen molar-refractivity contribution < 1.29 is 75.9 Å². The standard InChI is InChI=1S/C12H9F3N2O2.K.H/c1-7(18)10(6-16)11(19)17-9-4-2-8(3-5-9)12(13,14)15;;/h2-5,18H,1H3,(H,17,19);;/q;+1;-1/b10-7-;;. The van der Waals surface area contributed by atoms with Crippen molar-refractivity contribution in [3.63, 3.8) is 0 Å². The smallest absolute Gasteiger partial charge is 1.00 e. The summed E-state index contributed by atoms with van der Waals surface area (Å²) in [5.74, 6) is -1.35. The number of carbonyl (C=O) groups is 1. The SMILES string of the molecule is C/C(O)=C(\C#N)C(=O)Nc1ccc(C(F)(F)F)cc1.[H-].[K+]. The number of nitriles is 1. The van der Waals surface area contributed by atoms with E-state index in [4.69, 9.17) is 10.4 Å². The van der Waals surface area contributed by atoms with Gasteiger partial charge in [0.15, 0.2) is 5.57 Å². The van der Waals surface area contributed by atoms with Crippen molar-refractivity contribution in [1.29, 1.82) is 5.26 Å². The number of amides is 1. The van der Waals surface area contributed by atoms with Gasteiger partial charge in [-0.15, -0.1) is 0 Å². The second-order valence-corrected chi connectivity index (χ2v) is 3.60. The fourth-order valence-corrected chi connectivity index (χ4v) is 1.23. The van der Waals surface area contributed by atoms with Gasteiger partial charge in [-0.25, -0.2) is 0 Å². The first-order chi connectivity index (χ1) is 8.75. The Labute approximate surface area is 157 Å². The van der Waals surface area contributed by atoms with Crippen LogP contribution in [0.4, 0.5) is 18.9 Å². The predicted octanol–water partition coefficient (Wildman–Crippen LogP) is 0.116. The van der Waals surface area contributed by atoms with Crippen molar-refractivity contribution in [3.05, 3.63) is 41.2 Å². The first-order valence-corrected chi connectivity index (χ1v) is 5.04. The summed E-state index contributed by atoms with van der Waals surface area (Å²) in [7, 11) is 0. The van der Waals surface area contributed by atoms with Crippen molar-refractivity contribution in [2.24, 2.45) is 0 Å². The van der Waals surface area contributed by atoms with Crippen LogP contribution in [0, 0.1) is 11.3 Å². The van der Waals surface area contributed by atoms with E-state index < -0.39 is 29.0 Å². The topological polar surface area (TPSA) is 73.1 Å². The number of alkyl halides is 3. The van der Waals surface area contributed by atoms with Crippen molar-refractivity contribution in [2.45, 2.75) is 13.1 Å². The molecule has 0 saturated carbocycles. The summed E-state index contributed by atoms with van der Waals surface area (Å²) in [4.78, 5) is 11.5. The summed E-state index contributed by atoms with van der Waals surface area (Å²) < 4.78 is 36.9. The number of aliphatic hydroxyl groups excluding tert-OH is 1. The number of hydrogen-bond donors (Lipinski definition) is 2. The fraction of sp³-hybridized carbons (Fsp3) is 0.167. The molecule has 0 fully saturated rings. The molecule has 0 aliphatic carbocycles. The van der Waals surface area contributed by atoms with Gasteiger partial charge in [0, 0.05) is 5.69 Å². The summed E-state index contributed by atoms with van der Waals surface area (Å²) >= 11 is 0.